The van der Waals surface area contributed by atoms with Crippen LogP contribution in [0.4, 0.5) is 21.6 Å². The summed E-state index contributed by atoms with van der Waals surface area (Å²) >= 11 is 5.89. The number of ether oxygens (including phenoxy) is 2. The Bertz CT molecular complexity index is 1240. The first-order valence-electron chi connectivity index (χ1n) is 9.90. The molecule has 0 bridgehead atoms. The molecule has 2 aromatic carbocycles. The topological polar surface area (TPSA) is 72.2 Å². The molecule has 0 unspecified atom stereocenters. The lowest BCUT2D eigenvalue weighted by molar-refractivity contribution is -0.671. The normalized spacial score (nSPS) is 10.8. The number of hydrogen-bond donors (Lipinski definition) is 2. The third kappa shape index (κ3) is 4.97. The van der Waals surface area contributed by atoms with Crippen LogP contribution in [0.1, 0.15) is 0 Å². The van der Waals surface area contributed by atoms with E-state index in [1.807, 2.05) is 42.2 Å². The molecule has 0 aliphatic carbocycles. The van der Waals surface area contributed by atoms with E-state index in [2.05, 4.69) is 20.6 Å². The fraction of sp³-hybridized carbons (Fsp3) is 0.174. The Morgan fingerprint density at radius 2 is 1.84 bits per heavy atom. The van der Waals surface area contributed by atoms with E-state index in [-0.39, 0.29) is 5.02 Å². The zero-order chi connectivity index (χ0) is 22.5. The smallest absolute Gasteiger partial charge is 0.170 e. The monoisotopic (exact) mass is 454 g/mol. The van der Waals surface area contributed by atoms with Gasteiger partial charge in [-0.15, -0.1) is 0 Å². The van der Waals surface area contributed by atoms with Crippen molar-refractivity contribution in [3.8, 4) is 11.5 Å². The number of fused-ring (bicyclic) bond motifs is 1. The second-order valence-corrected chi connectivity index (χ2v) is 7.43. The van der Waals surface area contributed by atoms with Crippen LogP contribution in [0.2, 0.25) is 5.02 Å². The molecule has 2 N–H and O–H groups in total. The minimum Gasteiger partial charge on any atom is -0.493 e. The molecule has 164 valence electrons. The SMILES string of the molecule is COc1cc2ncnc(Nc3ccc(F)c(Cl)c3)c2cc1OCCNc1cc[n+](C)cc1. The number of benzene rings is 2. The summed E-state index contributed by atoms with van der Waals surface area (Å²) in [4.78, 5) is 8.65. The van der Waals surface area contributed by atoms with E-state index < -0.39 is 5.82 Å². The maximum atomic E-state index is 13.5. The van der Waals surface area contributed by atoms with E-state index in [0.29, 0.717) is 41.7 Å². The van der Waals surface area contributed by atoms with Crippen LogP contribution in [0.15, 0.2) is 61.2 Å². The Labute approximate surface area is 189 Å². The van der Waals surface area contributed by atoms with Crippen LogP contribution in [0, 0.1) is 5.82 Å². The third-order valence-electron chi connectivity index (χ3n) is 4.77. The highest BCUT2D eigenvalue weighted by atomic mass is 35.5. The molecule has 2 heterocycles. The summed E-state index contributed by atoms with van der Waals surface area (Å²) in [5.74, 6) is 1.19. The van der Waals surface area contributed by atoms with Crippen molar-refractivity contribution in [2.75, 3.05) is 30.9 Å². The number of halogens is 2. The number of nitrogens with one attached hydrogen (secondary N) is 2. The highest BCUT2D eigenvalue weighted by Crippen LogP contribution is 2.35. The molecule has 0 fully saturated rings. The molecule has 0 spiro atoms. The van der Waals surface area contributed by atoms with Crippen molar-refractivity contribution in [1.29, 1.82) is 0 Å². The molecular formula is C23H22ClFN5O2+. The van der Waals surface area contributed by atoms with E-state index >= 15 is 0 Å². The Balaban J connectivity index is 1.53. The van der Waals surface area contributed by atoms with Gasteiger partial charge in [0.25, 0.3) is 0 Å². The van der Waals surface area contributed by atoms with Gasteiger partial charge in [-0.25, -0.2) is 18.9 Å². The van der Waals surface area contributed by atoms with Gasteiger partial charge in [0.05, 0.1) is 17.6 Å². The van der Waals surface area contributed by atoms with Gasteiger partial charge in [-0.1, -0.05) is 11.6 Å². The summed E-state index contributed by atoms with van der Waals surface area (Å²) in [5.41, 5.74) is 2.29. The average Bonchev–Trinajstić information content (AvgIpc) is 2.80. The summed E-state index contributed by atoms with van der Waals surface area (Å²) in [6, 6.07) is 12.0. The largest absolute Gasteiger partial charge is 0.493 e. The predicted octanol–water partition coefficient (Wildman–Crippen LogP) is 4.49. The fourth-order valence-electron chi connectivity index (χ4n) is 3.12. The van der Waals surface area contributed by atoms with Crippen molar-refractivity contribution in [3.05, 3.63) is 72.0 Å². The van der Waals surface area contributed by atoms with E-state index in [0.717, 1.165) is 11.1 Å². The Kier molecular flexibility index (Phi) is 6.51. The molecule has 4 aromatic rings. The van der Waals surface area contributed by atoms with Gasteiger partial charge >= 0.3 is 0 Å². The molecule has 0 aliphatic rings. The number of nitrogens with zero attached hydrogens (tertiary/aromatic N) is 3. The highest BCUT2D eigenvalue weighted by molar-refractivity contribution is 6.31. The number of rotatable bonds is 8. The van der Waals surface area contributed by atoms with E-state index in [4.69, 9.17) is 21.1 Å². The highest BCUT2D eigenvalue weighted by Gasteiger charge is 2.12. The van der Waals surface area contributed by atoms with Gasteiger partial charge in [0.1, 0.15) is 31.6 Å². The van der Waals surface area contributed by atoms with Crippen LogP contribution in [0.5, 0.6) is 11.5 Å². The van der Waals surface area contributed by atoms with E-state index in [9.17, 15) is 4.39 Å². The maximum Gasteiger partial charge on any atom is 0.170 e. The predicted molar refractivity (Wildman–Crippen MR) is 122 cm³/mol. The molecular weight excluding hydrogens is 433 g/mol. The second-order valence-electron chi connectivity index (χ2n) is 7.02. The molecule has 0 atom stereocenters. The summed E-state index contributed by atoms with van der Waals surface area (Å²) in [5, 5.41) is 7.23. The van der Waals surface area contributed by atoms with Crippen molar-refractivity contribution < 1.29 is 18.4 Å². The number of pyridine rings is 1. The van der Waals surface area contributed by atoms with Crippen molar-refractivity contribution in [2.45, 2.75) is 0 Å². The summed E-state index contributed by atoms with van der Waals surface area (Å²) in [6.45, 7) is 1.03. The zero-order valence-corrected chi connectivity index (χ0v) is 18.4. The molecule has 9 heteroatoms. The van der Waals surface area contributed by atoms with Crippen LogP contribution in [0.25, 0.3) is 10.9 Å². The molecule has 4 rings (SSSR count). The molecule has 32 heavy (non-hydrogen) atoms. The quantitative estimate of drug-likeness (QED) is 0.302. The fourth-order valence-corrected chi connectivity index (χ4v) is 3.30. The summed E-state index contributed by atoms with van der Waals surface area (Å²) in [6.07, 6.45) is 5.39. The maximum absolute atomic E-state index is 13.5. The second kappa shape index (κ2) is 9.65. The Morgan fingerprint density at radius 3 is 2.59 bits per heavy atom. The van der Waals surface area contributed by atoms with Gasteiger partial charge in [0.15, 0.2) is 23.9 Å². The molecule has 0 radical (unpaired) electrons. The third-order valence-corrected chi connectivity index (χ3v) is 5.06. The first-order chi connectivity index (χ1) is 15.5. The lowest BCUT2D eigenvalue weighted by Crippen LogP contribution is -2.26. The Morgan fingerprint density at radius 1 is 1.03 bits per heavy atom. The molecule has 0 saturated carbocycles. The number of hydrogen-bond acceptors (Lipinski definition) is 6. The van der Waals surface area contributed by atoms with Crippen LogP contribution in [-0.4, -0.2) is 30.2 Å². The minimum atomic E-state index is -0.483. The first-order valence-corrected chi connectivity index (χ1v) is 10.3. The van der Waals surface area contributed by atoms with Gasteiger partial charge < -0.3 is 20.1 Å². The minimum absolute atomic E-state index is 0.0266. The standard InChI is InChI=1S/C23H21ClFN5O2/c1-30-8-5-15(6-9-30)26-7-10-32-22-12-17-20(13-21(22)31-2)27-14-28-23(17)29-16-3-4-19(25)18(24)11-16/h3-6,8-9,11-14H,7,10H2,1-2H3,(H,27,28,29)/p+1. The van der Waals surface area contributed by atoms with Crippen LogP contribution < -0.4 is 24.7 Å². The number of methoxy groups -OCH3 is 1. The number of aromatic nitrogens is 3. The first kappa shape index (κ1) is 21.6. The molecule has 2 aromatic heterocycles. The van der Waals surface area contributed by atoms with E-state index in [1.54, 1.807) is 19.2 Å². The van der Waals surface area contributed by atoms with Crippen molar-refractivity contribution in [2.24, 2.45) is 7.05 Å². The van der Waals surface area contributed by atoms with Gasteiger partial charge in [-0.05, 0) is 24.3 Å². The lowest BCUT2D eigenvalue weighted by Gasteiger charge is -2.14. The van der Waals surface area contributed by atoms with E-state index in [1.165, 1.54) is 18.5 Å². The lowest BCUT2D eigenvalue weighted by atomic mass is 10.2. The van der Waals surface area contributed by atoms with Gasteiger partial charge in [0, 0.05) is 41.5 Å². The molecule has 7 nitrogen and oxygen atoms in total. The van der Waals surface area contributed by atoms with Crippen molar-refractivity contribution in [3.63, 3.8) is 0 Å². The molecule has 0 amide bonds. The van der Waals surface area contributed by atoms with Gasteiger partial charge in [0.2, 0.25) is 0 Å². The number of anilines is 3. The van der Waals surface area contributed by atoms with Crippen molar-refractivity contribution >= 4 is 39.7 Å². The molecule has 0 aliphatic heterocycles. The summed E-state index contributed by atoms with van der Waals surface area (Å²) in [7, 11) is 3.55. The Hall–Kier alpha value is -3.65. The van der Waals surface area contributed by atoms with Gasteiger partial charge in [-0.2, -0.15) is 0 Å². The molecule has 0 saturated heterocycles. The van der Waals surface area contributed by atoms with Crippen LogP contribution in [-0.2, 0) is 7.05 Å². The summed E-state index contributed by atoms with van der Waals surface area (Å²) < 4.78 is 26.9. The van der Waals surface area contributed by atoms with Crippen LogP contribution in [0.3, 0.4) is 0 Å². The van der Waals surface area contributed by atoms with Gasteiger partial charge in [-0.3, -0.25) is 0 Å². The zero-order valence-electron chi connectivity index (χ0n) is 17.6. The number of aryl methyl sites for hydroxylation is 1. The van der Waals surface area contributed by atoms with Crippen LogP contribution >= 0.6 is 11.6 Å². The average molecular weight is 455 g/mol. The van der Waals surface area contributed by atoms with Crippen molar-refractivity contribution in [1.82, 2.24) is 9.97 Å².